The highest BCUT2D eigenvalue weighted by Gasteiger charge is 2.24. The van der Waals surface area contributed by atoms with Crippen LogP contribution in [0, 0.1) is 13.8 Å². The second-order valence-corrected chi connectivity index (χ2v) is 6.98. The summed E-state index contributed by atoms with van der Waals surface area (Å²) in [5.74, 6) is -0.715. The summed E-state index contributed by atoms with van der Waals surface area (Å²) in [6.45, 7) is 3.47. The van der Waals surface area contributed by atoms with Crippen molar-refractivity contribution < 1.29 is 17.9 Å². The summed E-state index contributed by atoms with van der Waals surface area (Å²) in [7, 11) is -2.44. The zero-order valence-corrected chi connectivity index (χ0v) is 13.3. The molecule has 2 rings (SSSR count). The third-order valence-corrected chi connectivity index (χ3v) is 5.19. The number of rotatable bonds is 5. The standard InChI is InChI=1S/C11H14N4O4S2/c1-6-8(4-12-14-6)21(17,18)15-11(16)10-7(2)13-9(20-10)5-19-3/h4H,5H2,1-3H3,(H,12,14)(H,15,16). The van der Waals surface area contributed by atoms with Crippen LogP contribution in [0.1, 0.15) is 26.1 Å². The van der Waals surface area contributed by atoms with Crippen molar-refractivity contribution in [2.45, 2.75) is 25.3 Å². The van der Waals surface area contributed by atoms with Gasteiger partial charge in [0.25, 0.3) is 15.9 Å². The topological polar surface area (TPSA) is 114 Å². The molecule has 0 atom stereocenters. The molecule has 0 unspecified atom stereocenters. The summed E-state index contributed by atoms with van der Waals surface area (Å²) >= 11 is 1.10. The van der Waals surface area contributed by atoms with Gasteiger partial charge in [-0.1, -0.05) is 0 Å². The van der Waals surface area contributed by atoms with Gasteiger partial charge < -0.3 is 4.74 Å². The lowest BCUT2D eigenvalue weighted by molar-refractivity contribution is 0.0984. The van der Waals surface area contributed by atoms with Crippen molar-refractivity contribution in [2.75, 3.05) is 7.11 Å². The van der Waals surface area contributed by atoms with Gasteiger partial charge in [0, 0.05) is 7.11 Å². The third kappa shape index (κ3) is 3.28. The van der Waals surface area contributed by atoms with Gasteiger partial charge in [0.1, 0.15) is 14.8 Å². The van der Waals surface area contributed by atoms with Crippen molar-refractivity contribution in [1.82, 2.24) is 19.9 Å². The minimum absolute atomic E-state index is 0.0601. The summed E-state index contributed by atoms with van der Waals surface area (Å²) in [6.07, 6.45) is 1.15. The fourth-order valence-electron chi connectivity index (χ4n) is 1.68. The van der Waals surface area contributed by atoms with E-state index in [1.807, 2.05) is 4.72 Å². The molecule has 2 aromatic heterocycles. The predicted molar refractivity (Wildman–Crippen MR) is 75.5 cm³/mol. The number of nitrogens with zero attached hydrogens (tertiary/aromatic N) is 2. The van der Waals surface area contributed by atoms with E-state index >= 15 is 0 Å². The molecule has 0 saturated heterocycles. The SMILES string of the molecule is COCc1nc(C)c(C(=O)NS(=O)(=O)c2cn[nH]c2C)s1. The number of sulfonamides is 1. The molecule has 2 N–H and O–H groups in total. The molecular weight excluding hydrogens is 316 g/mol. The van der Waals surface area contributed by atoms with E-state index in [9.17, 15) is 13.2 Å². The van der Waals surface area contributed by atoms with Crippen molar-refractivity contribution in [2.24, 2.45) is 0 Å². The number of carbonyl (C=O) groups excluding carboxylic acids is 1. The van der Waals surface area contributed by atoms with Crippen molar-refractivity contribution in [1.29, 1.82) is 0 Å². The molecular formula is C11H14N4O4S2. The quantitative estimate of drug-likeness (QED) is 0.836. The number of hydrogen-bond donors (Lipinski definition) is 2. The van der Waals surface area contributed by atoms with Crippen LogP contribution in [0.15, 0.2) is 11.1 Å². The lowest BCUT2D eigenvalue weighted by Gasteiger charge is -2.04. The fourth-order valence-corrected chi connectivity index (χ4v) is 3.78. The Morgan fingerprint density at radius 3 is 2.76 bits per heavy atom. The van der Waals surface area contributed by atoms with Crippen LogP contribution in [0.5, 0.6) is 0 Å². The Kier molecular flexibility index (Phi) is 4.40. The van der Waals surface area contributed by atoms with E-state index in [0.29, 0.717) is 16.4 Å². The highest BCUT2D eigenvalue weighted by molar-refractivity contribution is 7.90. The molecule has 0 aromatic carbocycles. The minimum atomic E-state index is -3.96. The first-order chi connectivity index (χ1) is 9.85. The molecule has 0 bridgehead atoms. The smallest absolute Gasteiger partial charge is 0.277 e. The number of methoxy groups -OCH3 is 1. The fraction of sp³-hybridized carbons (Fsp3) is 0.364. The molecule has 2 heterocycles. The van der Waals surface area contributed by atoms with Crippen LogP contribution in [0.3, 0.4) is 0 Å². The van der Waals surface area contributed by atoms with Gasteiger partial charge in [0.15, 0.2) is 0 Å². The number of aryl methyl sites for hydroxylation is 2. The Labute approximate surface area is 125 Å². The Balaban J connectivity index is 2.24. The average molecular weight is 330 g/mol. The van der Waals surface area contributed by atoms with Crippen LogP contribution in [0.4, 0.5) is 0 Å². The number of hydrogen-bond acceptors (Lipinski definition) is 7. The molecule has 0 radical (unpaired) electrons. The van der Waals surface area contributed by atoms with E-state index < -0.39 is 15.9 Å². The maximum absolute atomic E-state index is 12.1. The number of ether oxygens (including phenoxy) is 1. The lowest BCUT2D eigenvalue weighted by atomic mass is 10.4. The summed E-state index contributed by atoms with van der Waals surface area (Å²) in [5.41, 5.74) is 0.820. The first-order valence-corrected chi connectivity index (χ1v) is 8.17. The van der Waals surface area contributed by atoms with E-state index in [-0.39, 0.29) is 16.4 Å². The number of aromatic nitrogens is 3. The van der Waals surface area contributed by atoms with Gasteiger partial charge in [-0.05, 0) is 13.8 Å². The number of carbonyl (C=O) groups is 1. The van der Waals surface area contributed by atoms with Crippen LogP contribution in [-0.2, 0) is 21.4 Å². The molecule has 0 saturated carbocycles. The second kappa shape index (κ2) is 5.92. The first kappa shape index (κ1) is 15.6. The van der Waals surface area contributed by atoms with Gasteiger partial charge in [-0.25, -0.2) is 18.1 Å². The van der Waals surface area contributed by atoms with Gasteiger partial charge >= 0.3 is 0 Å². The Morgan fingerprint density at radius 1 is 1.48 bits per heavy atom. The van der Waals surface area contributed by atoms with E-state index in [0.717, 1.165) is 17.5 Å². The van der Waals surface area contributed by atoms with Crippen LogP contribution in [-0.4, -0.2) is 36.6 Å². The number of nitrogens with one attached hydrogen (secondary N) is 2. The molecule has 1 amide bonds. The molecule has 21 heavy (non-hydrogen) atoms. The van der Waals surface area contributed by atoms with E-state index in [2.05, 4.69) is 15.2 Å². The van der Waals surface area contributed by atoms with Crippen molar-refractivity contribution in [3.63, 3.8) is 0 Å². The van der Waals surface area contributed by atoms with Crippen LogP contribution < -0.4 is 4.72 Å². The average Bonchev–Trinajstić information content (AvgIpc) is 2.96. The third-order valence-electron chi connectivity index (χ3n) is 2.62. The summed E-state index contributed by atoms with van der Waals surface area (Å²) in [4.78, 5) is 16.4. The Bertz CT molecular complexity index is 763. The van der Waals surface area contributed by atoms with Crippen LogP contribution >= 0.6 is 11.3 Å². The lowest BCUT2D eigenvalue weighted by Crippen LogP contribution is -2.30. The van der Waals surface area contributed by atoms with Crippen molar-refractivity contribution in [3.05, 3.63) is 27.5 Å². The molecule has 8 nitrogen and oxygen atoms in total. The van der Waals surface area contributed by atoms with Gasteiger partial charge in [0.2, 0.25) is 0 Å². The van der Waals surface area contributed by atoms with Crippen molar-refractivity contribution >= 4 is 27.3 Å². The van der Waals surface area contributed by atoms with Crippen LogP contribution in [0.2, 0.25) is 0 Å². The predicted octanol–water partition coefficient (Wildman–Crippen LogP) is 0.748. The highest BCUT2D eigenvalue weighted by atomic mass is 32.2. The molecule has 0 fully saturated rings. The molecule has 0 aliphatic rings. The number of thiazole rings is 1. The maximum Gasteiger partial charge on any atom is 0.277 e. The first-order valence-electron chi connectivity index (χ1n) is 5.87. The molecule has 2 aromatic rings. The minimum Gasteiger partial charge on any atom is -0.378 e. The molecule has 10 heteroatoms. The number of aromatic amines is 1. The summed E-state index contributed by atoms with van der Waals surface area (Å²) < 4.78 is 31.2. The Morgan fingerprint density at radius 2 is 2.19 bits per heavy atom. The van der Waals surface area contributed by atoms with Gasteiger partial charge in [0.05, 0.1) is 24.2 Å². The summed E-state index contributed by atoms with van der Waals surface area (Å²) in [5, 5.41) is 6.75. The molecule has 0 spiro atoms. The number of amides is 1. The number of H-pyrrole nitrogens is 1. The maximum atomic E-state index is 12.1. The summed E-state index contributed by atoms with van der Waals surface area (Å²) in [6, 6.07) is 0. The highest BCUT2D eigenvalue weighted by Crippen LogP contribution is 2.20. The van der Waals surface area contributed by atoms with Gasteiger partial charge in [-0.3, -0.25) is 9.89 Å². The molecule has 114 valence electrons. The largest absolute Gasteiger partial charge is 0.378 e. The normalized spacial score (nSPS) is 11.6. The zero-order chi connectivity index (χ0) is 15.6. The van der Waals surface area contributed by atoms with Crippen LogP contribution in [0.25, 0.3) is 0 Å². The molecule has 0 aliphatic heterocycles. The monoisotopic (exact) mass is 330 g/mol. The zero-order valence-electron chi connectivity index (χ0n) is 11.6. The van der Waals surface area contributed by atoms with E-state index in [1.165, 1.54) is 7.11 Å². The molecule has 0 aliphatic carbocycles. The van der Waals surface area contributed by atoms with Gasteiger partial charge in [-0.15, -0.1) is 11.3 Å². The van der Waals surface area contributed by atoms with Crippen molar-refractivity contribution in [3.8, 4) is 0 Å². The van der Waals surface area contributed by atoms with Gasteiger partial charge in [-0.2, -0.15) is 5.10 Å². The van der Waals surface area contributed by atoms with E-state index in [1.54, 1.807) is 13.8 Å². The van der Waals surface area contributed by atoms with E-state index in [4.69, 9.17) is 4.74 Å². The Hall–Kier alpha value is -1.78. The second-order valence-electron chi connectivity index (χ2n) is 4.25.